The van der Waals surface area contributed by atoms with Crippen molar-refractivity contribution < 1.29 is 9.90 Å². The largest absolute Gasteiger partial charge is 0.481 e. The summed E-state index contributed by atoms with van der Waals surface area (Å²) in [7, 11) is 4.09. The Morgan fingerprint density at radius 1 is 1.04 bits per heavy atom. The number of carboxylic acids is 1. The summed E-state index contributed by atoms with van der Waals surface area (Å²) in [5.74, 6) is -0.872. The van der Waals surface area contributed by atoms with Crippen molar-refractivity contribution in [2.24, 2.45) is 5.92 Å². The molecule has 27 heavy (non-hydrogen) atoms. The predicted octanol–water partition coefficient (Wildman–Crippen LogP) is 4.36. The molecule has 0 saturated carbocycles. The SMILES string of the molecule is CSc1ccc(C(c2ccc(N(C)C)cc2)N2CCC(C(=O)O)CC2)cc1. The van der Waals surface area contributed by atoms with Gasteiger partial charge in [0, 0.05) is 24.7 Å². The molecule has 4 nitrogen and oxygen atoms in total. The van der Waals surface area contributed by atoms with Crippen LogP contribution in [-0.2, 0) is 4.79 Å². The van der Waals surface area contributed by atoms with Crippen LogP contribution in [0.1, 0.15) is 30.0 Å². The zero-order valence-corrected chi connectivity index (χ0v) is 17.1. The molecule has 2 aromatic rings. The molecule has 0 spiro atoms. The lowest BCUT2D eigenvalue weighted by atomic mass is 9.91. The van der Waals surface area contributed by atoms with Crippen molar-refractivity contribution >= 4 is 23.4 Å². The van der Waals surface area contributed by atoms with Gasteiger partial charge < -0.3 is 10.0 Å². The number of likely N-dealkylation sites (tertiary alicyclic amines) is 1. The summed E-state index contributed by atoms with van der Waals surface area (Å²) in [6.07, 6.45) is 3.51. The molecular weight excluding hydrogens is 356 g/mol. The van der Waals surface area contributed by atoms with Crippen molar-refractivity contribution in [3.63, 3.8) is 0 Å². The van der Waals surface area contributed by atoms with E-state index in [-0.39, 0.29) is 12.0 Å². The molecule has 0 aromatic heterocycles. The van der Waals surface area contributed by atoms with E-state index in [1.807, 2.05) is 14.1 Å². The summed E-state index contributed by atoms with van der Waals surface area (Å²) < 4.78 is 0. The van der Waals surface area contributed by atoms with E-state index >= 15 is 0 Å². The number of benzene rings is 2. The smallest absolute Gasteiger partial charge is 0.306 e. The Balaban J connectivity index is 1.90. The average molecular weight is 385 g/mol. The van der Waals surface area contributed by atoms with Crippen LogP contribution in [0.3, 0.4) is 0 Å². The summed E-state index contributed by atoms with van der Waals surface area (Å²) >= 11 is 1.74. The number of nitrogens with zero attached hydrogens (tertiary/aromatic N) is 2. The fraction of sp³-hybridized carbons (Fsp3) is 0.409. The van der Waals surface area contributed by atoms with Crippen LogP contribution in [0.5, 0.6) is 0 Å². The standard InChI is InChI=1S/C22H28N2O2S/c1-23(2)19-8-4-16(5-9-19)21(17-6-10-20(27-3)11-7-17)24-14-12-18(13-15-24)22(25)26/h4-11,18,21H,12-15H2,1-3H3,(H,25,26). The highest BCUT2D eigenvalue weighted by Gasteiger charge is 2.30. The topological polar surface area (TPSA) is 43.8 Å². The van der Waals surface area contributed by atoms with Gasteiger partial charge in [0.2, 0.25) is 0 Å². The van der Waals surface area contributed by atoms with Gasteiger partial charge in [-0.15, -0.1) is 11.8 Å². The summed E-state index contributed by atoms with van der Waals surface area (Å²) in [4.78, 5) is 17.1. The molecule has 0 aliphatic carbocycles. The molecule has 3 rings (SSSR count). The van der Waals surface area contributed by atoms with E-state index in [1.165, 1.54) is 21.7 Å². The molecule has 1 atom stereocenters. The first-order chi connectivity index (χ1) is 13.0. The van der Waals surface area contributed by atoms with Crippen LogP contribution >= 0.6 is 11.8 Å². The first-order valence-corrected chi connectivity index (χ1v) is 10.6. The lowest BCUT2D eigenvalue weighted by molar-refractivity contribution is -0.143. The Morgan fingerprint density at radius 2 is 1.56 bits per heavy atom. The Hall–Kier alpha value is -1.98. The van der Waals surface area contributed by atoms with Gasteiger partial charge in [-0.3, -0.25) is 9.69 Å². The third-order valence-electron chi connectivity index (χ3n) is 5.40. The van der Waals surface area contributed by atoms with Gasteiger partial charge in [-0.2, -0.15) is 0 Å². The third kappa shape index (κ3) is 4.66. The summed E-state index contributed by atoms with van der Waals surface area (Å²) in [5, 5.41) is 9.31. The highest BCUT2D eigenvalue weighted by molar-refractivity contribution is 7.98. The Bertz CT molecular complexity index is 751. The molecule has 1 aliphatic rings. The van der Waals surface area contributed by atoms with E-state index in [9.17, 15) is 9.90 Å². The van der Waals surface area contributed by atoms with Crippen molar-refractivity contribution in [3.8, 4) is 0 Å². The molecule has 1 unspecified atom stereocenters. The number of thioether (sulfide) groups is 1. The van der Waals surface area contributed by atoms with Crippen LogP contribution in [-0.4, -0.2) is 49.4 Å². The second kappa shape index (κ2) is 8.81. The first-order valence-electron chi connectivity index (χ1n) is 9.37. The van der Waals surface area contributed by atoms with Gasteiger partial charge in [0.05, 0.1) is 12.0 Å². The van der Waals surface area contributed by atoms with E-state index < -0.39 is 5.97 Å². The number of aliphatic carboxylic acids is 1. The summed E-state index contributed by atoms with van der Waals surface area (Å²) in [5.41, 5.74) is 3.70. The molecule has 144 valence electrons. The van der Waals surface area contributed by atoms with E-state index in [1.54, 1.807) is 11.8 Å². The number of hydrogen-bond acceptors (Lipinski definition) is 4. The fourth-order valence-corrected chi connectivity index (χ4v) is 4.17. The molecular formula is C22H28N2O2S. The van der Waals surface area contributed by atoms with Crippen LogP contribution in [0.15, 0.2) is 53.4 Å². The van der Waals surface area contributed by atoms with Gasteiger partial charge in [0.25, 0.3) is 0 Å². The first kappa shape index (κ1) is 19.8. The van der Waals surface area contributed by atoms with Crippen molar-refractivity contribution in [3.05, 3.63) is 59.7 Å². The molecule has 0 bridgehead atoms. The van der Waals surface area contributed by atoms with Gasteiger partial charge in [-0.1, -0.05) is 24.3 Å². The maximum atomic E-state index is 11.3. The van der Waals surface area contributed by atoms with Crippen LogP contribution < -0.4 is 4.90 Å². The molecule has 1 fully saturated rings. The summed E-state index contributed by atoms with van der Waals surface area (Å²) in [6.45, 7) is 1.61. The van der Waals surface area contributed by atoms with Gasteiger partial charge in [0.1, 0.15) is 0 Å². The van der Waals surface area contributed by atoms with Crippen molar-refractivity contribution in [2.75, 3.05) is 38.3 Å². The molecule has 1 aliphatic heterocycles. The monoisotopic (exact) mass is 384 g/mol. The second-order valence-corrected chi connectivity index (χ2v) is 8.19. The Morgan fingerprint density at radius 3 is 2.00 bits per heavy atom. The maximum absolute atomic E-state index is 11.3. The lowest BCUT2D eigenvalue weighted by Gasteiger charge is -2.37. The molecule has 0 radical (unpaired) electrons. The normalized spacial score (nSPS) is 16.9. The zero-order valence-electron chi connectivity index (χ0n) is 16.3. The highest BCUT2D eigenvalue weighted by atomic mass is 32.2. The van der Waals surface area contributed by atoms with E-state index in [4.69, 9.17) is 0 Å². The quantitative estimate of drug-likeness (QED) is 0.750. The van der Waals surface area contributed by atoms with E-state index in [2.05, 4.69) is 64.6 Å². The second-order valence-electron chi connectivity index (χ2n) is 7.31. The minimum atomic E-state index is -0.661. The number of anilines is 1. The van der Waals surface area contributed by atoms with Gasteiger partial charge in [0.15, 0.2) is 0 Å². The highest BCUT2D eigenvalue weighted by Crippen LogP contribution is 2.34. The predicted molar refractivity (Wildman–Crippen MR) is 113 cm³/mol. The van der Waals surface area contributed by atoms with Crippen molar-refractivity contribution in [1.29, 1.82) is 0 Å². The number of carbonyl (C=O) groups is 1. The van der Waals surface area contributed by atoms with Gasteiger partial charge in [-0.25, -0.2) is 0 Å². The molecule has 0 amide bonds. The lowest BCUT2D eigenvalue weighted by Crippen LogP contribution is -2.39. The number of rotatable bonds is 6. The number of piperidine rings is 1. The van der Waals surface area contributed by atoms with E-state index in [0.29, 0.717) is 12.8 Å². The fourth-order valence-electron chi connectivity index (χ4n) is 3.76. The minimum absolute atomic E-state index is 0.159. The molecule has 1 saturated heterocycles. The van der Waals surface area contributed by atoms with Crippen molar-refractivity contribution in [2.45, 2.75) is 23.8 Å². The molecule has 2 aromatic carbocycles. The van der Waals surface area contributed by atoms with Gasteiger partial charge in [-0.05, 0) is 67.6 Å². The number of carboxylic acid groups (broad SMARTS) is 1. The maximum Gasteiger partial charge on any atom is 0.306 e. The summed E-state index contributed by atoms with van der Waals surface area (Å²) in [6, 6.07) is 17.6. The van der Waals surface area contributed by atoms with E-state index in [0.717, 1.165) is 13.1 Å². The third-order valence-corrected chi connectivity index (χ3v) is 6.14. The Kier molecular flexibility index (Phi) is 6.45. The van der Waals surface area contributed by atoms with Crippen LogP contribution in [0.4, 0.5) is 5.69 Å². The molecule has 1 N–H and O–H groups in total. The molecule has 5 heteroatoms. The Labute approximate surface area is 166 Å². The molecule has 1 heterocycles. The van der Waals surface area contributed by atoms with Crippen LogP contribution in [0.25, 0.3) is 0 Å². The van der Waals surface area contributed by atoms with Crippen LogP contribution in [0, 0.1) is 5.92 Å². The minimum Gasteiger partial charge on any atom is -0.481 e. The zero-order chi connectivity index (χ0) is 19.4. The number of hydrogen-bond donors (Lipinski definition) is 1. The van der Waals surface area contributed by atoms with Gasteiger partial charge >= 0.3 is 5.97 Å². The van der Waals surface area contributed by atoms with Crippen LogP contribution in [0.2, 0.25) is 0 Å². The average Bonchev–Trinajstić information content (AvgIpc) is 2.69. The van der Waals surface area contributed by atoms with Crippen molar-refractivity contribution in [1.82, 2.24) is 4.90 Å².